The van der Waals surface area contributed by atoms with E-state index in [9.17, 15) is 9.59 Å². The summed E-state index contributed by atoms with van der Waals surface area (Å²) in [6.45, 7) is 6.61. The number of fused-ring (bicyclic) bond motifs is 1. The molecule has 35 heavy (non-hydrogen) atoms. The fraction of sp³-hybridized carbons (Fsp3) is 0.231. The number of carbonyl (C=O) groups is 1. The number of hydrogen-bond donors (Lipinski definition) is 2. The van der Waals surface area contributed by atoms with Crippen molar-refractivity contribution in [3.63, 3.8) is 0 Å². The van der Waals surface area contributed by atoms with Crippen LogP contribution in [0.5, 0.6) is 0 Å². The fourth-order valence-electron chi connectivity index (χ4n) is 4.27. The number of H-pyrrole nitrogens is 1. The lowest BCUT2D eigenvalue weighted by Gasteiger charge is -2.29. The van der Waals surface area contributed by atoms with Crippen molar-refractivity contribution in [2.75, 3.05) is 36.5 Å². The molecule has 3 heterocycles. The number of amides is 1. The minimum absolute atomic E-state index is 0.230. The van der Waals surface area contributed by atoms with Crippen LogP contribution in [0.2, 0.25) is 0 Å². The van der Waals surface area contributed by atoms with Crippen molar-refractivity contribution >= 4 is 40.5 Å². The van der Waals surface area contributed by atoms with Crippen LogP contribution in [0.15, 0.2) is 59.5 Å². The van der Waals surface area contributed by atoms with Crippen molar-refractivity contribution in [2.24, 2.45) is 0 Å². The van der Waals surface area contributed by atoms with Gasteiger partial charge in [0.15, 0.2) is 10.6 Å². The van der Waals surface area contributed by atoms with Crippen LogP contribution in [0.3, 0.4) is 0 Å². The zero-order valence-electron chi connectivity index (χ0n) is 19.5. The number of pyridine rings is 1. The lowest BCUT2D eigenvalue weighted by atomic mass is 10.1. The van der Waals surface area contributed by atoms with Gasteiger partial charge >= 0.3 is 0 Å². The van der Waals surface area contributed by atoms with Crippen molar-refractivity contribution in [2.45, 2.75) is 13.8 Å². The SMILES string of the molecule is Cc1cccc(-n2c(=S)[nH]c3cc(C(=O)Nc4cccnc4N4CCOCC4)ccc3c2=O)c1C. The van der Waals surface area contributed by atoms with Gasteiger partial charge in [0.2, 0.25) is 0 Å². The third-order valence-corrected chi connectivity index (χ3v) is 6.61. The predicted octanol–water partition coefficient (Wildman–Crippen LogP) is 4.15. The van der Waals surface area contributed by atoms with Crippen LogP contribution in [0.25, 0.3) is 16.6 Å². The van der Waals surface area contributed by atoms with Gasteiger partial charge in [-0.2, -0.15) is 0 Å². The normalized spacial score (nSPS) is 13.7. The fourth-order valence-corrected chi connectivity index (χ4v) is 4.56. The minimum Gasteiger partial charge on any atom is -0.378 e. The molecule has 0 atom stereocenters. The van der Waals surface area contributed by atoms with Gasteiger partial charge in [0.25, 0.3) is 11.5 Å². The lowest BCUT2D eigenvalue weighted by Crippen LogP contribution is -2.37. The third kappa shape index (κ3) is 4.36. The number of carbonyl (C=O) groups excluding carboxylic acids is 1. The summed E-state index contributed by atoms with van der Waals surface area (Å²) in [5.41, 5.74) is 4.11. The largest absolute Gasteiger partial charge is 0.378 e. The Morgan fingerprint density at radius 3 is 2.71 bits per heavy atom. The van der Waals surface area contributed by atoms with Crippen LogP contribution in [0, 0.1) is 18.6 Å². The number of aryl methyl sites for hydroxylation is 1. The number of rotatable bonds is 4. The van der Waals surface area contributed by atoms with Gasteiger partial charge in [-0.3, -0.25) is 14.2 Å². The molecule has 8 nitrogen and oxygen atoms in total. The maximum Gasteiger partial charge on any atom is 0.266 e. The first-order chi connectivity index (χ1) is 16.9. The van der Waals surface area contributed by atoms with Crippen LogP contribution < -0.4 is 15.8 Å². The highest BCUT2D eigenvalue weighted by atomic mass is 32.1. The summed E-state index contributed by atoms with van der Waals surface area (Å²) in [4.78, 5) is 36.2. The van der Waals surface area contributed by atoms with Gasteiger partial charge in [-0.1, -0.05) is 12.1 Å². The molecule has 4 aromatic rings. The maximum atomic E-state index is 13.4. The Hall–Kier alpha value is -3.82. The van der Waals surface area contributed by atoms with E-state index in [1.165, 1.54) is 4.57 Å². The first-order valence-electron chi connectivity index (χ1n) is 11.4. The number of ether oxygens (including phenoxy) is 1. The molecule has 2 N–H and O–H groups in total. The van der Waals surface area contributed by atoms with Crippen LogP contribution in [-0.4, -0.2) is 46.7 Å². The summed E-state index contributed by atoms with van der Waals surface area (Å²) in [6.07, 6.45) is 1.71. The second kappa shape index (κ2) is 9.44. The average Bonchev–Trinajstić information content (AvgIpc) is 2.87. The van der Waals surface area contributed by atoms with Crippen LogP contribution in [0.4, 0.5) is 11.5 Å². The topological polar surface area (TPSA) is 92.2 Å². The molecule has 1 aliphatic rings. The third-order valence-electron chi connectivity index (χ3n) is 6.32. The Kier molecular flexibility index (Phi) is 6.19. The Labute approximate surface area is 207 Å². The molecule has 1 fully saturated rings. The highest BCUT2D eigenvalue weighted by Gasteiger charge is 2.18. The molecular formula is C26H25N5O3S. The molecule has 0 saturated carbocycles. The van der Waals surface area contributed by atoms with E-state index in [0.717, 1.165) is 16.8 Å². The molecule has 0 aliphatic carbocycles. The molecule has 0 unspecified atom stereocenters. The van der Waals surface area contributed by atoms with E-state index < -0.39 is 0 Å². The molecule has 0 radical (unpaired) electrons. The van der Waals surface area contributed by atoms with E-state index in [4.69, 9.17) is 17.0 Å². The van der Waals surface area contributed by atoms with Gasteiger partial charge in [-0.05, 0) is 73.6 Å². The van der Waals surface area contributed by atoms with E-state index in [2.05, 4.69) is 20.2 Å². The Bertz CT molecular complexity index is 1550. The summed E-state index contributed by atoms with van der Waals surface area (Å²) >= 11 is 5.54. The van der Waals surface area contributed by atoms with E-state index in [1.54, 1.807) is 30.5 Å². The zero-order chi connectivity index (χ0) is 24.5. The monoisotopic (exact) mass is 487 g/mol. The molecule has 2 aromatic heterocycles. The standard InChI is InChI=1S/C26H25N5O3S/c1-16-5-3-7-22(17(16)2)31-25(33)19-9-8-18(15-21(19)29-26(31)35)24(32)28-20-6-4-10-27-23(20)30-11-13-34-14-12-30/h3-10,15H,11-14H2,1-2H3,(H,28,32)(H,29,35). The van der Waals surface area contributed by atoms with Crippen LogP contribution >= 0.6 is 12.2 Å². The molecule has 2 aromatic carbocycles. The van der Waals surface area contributed by atoms with Crippen molar-refractivity contribution in [3.05, 3.63) is 86.5 Å². The van der Waals surface area contributed by atoms with Gasteiger partial charge in [-0.25, -0.2) is 4.98 Å². The molecule has 5 rings (SSSR count). The highest BCUT2D eigenvalue weighted by molar-refractivity contribution is 7.71. The number of nitrogens with one attached hydrogen (secondary N) is 2. The van der Waals surface area contributed by atoms with Crippen molar-refractivity contribution < 1.29 is 9.53 Å². The summed E-state index contributed by atoms with van der Waals surface area (Å²) in [6, 6.07) is 14.3. The van der Waals surface area contributed by atoms with E-state index in [1.807, 2.05) is 38.1 Å². The number of anilines is 2. The van der Waals surface area contributed by atoms with Crippen molar-refractivity contribution in [1.29, 1.82) is 0 Å². The van der Waals surface area contributed by atoms with Gasteiger partial charge in [0.05, 0.1) is 35.5 Å². The molecule has 1 aliphatic heterocycles. The molecule has 1 amide bonds. The van der Waals surface area contributed by atoms with Gasteiger partial charge in [0, 0.05) is 24.8 Å². The van der Waals surface area contributed by atoms with E-state index >= 15 is 0 Å². The molecule has 1 saturated heterocycles. The molecule has 178 valence electrons. The number of aromatic amines is 1. The number of morpholine rings is 1. The molecular weight excluding hydrogens is 462 g/mol. The van der Waals surface area contributed by atoms with Crippen molar-refractivity contribution in [3.8, 4) is 5.69 Å². The minimum atomic E-state index is -0.299. The Balaban J connectivity index is 1.49. The molecule has 0 bridgehead atoms. The van der Waals surface area contributed by atoms with E-state index in [0.29, 0.717) is 54.3 Å². The Morgan fingerprint density at radius 1 is 1.11 bits per heavy atom. The summed E-state index contributed by atoms with van der Waals surface area (Å²) in [7, 11) is 0. The second-order valence-corrected chi connectivity index (χ2v) is 8.86. The Morgan fingerprint density at radius 2 is 1.91 bits per heavy atom. The lowest BCUT2D eigenvalue weighted by molar-refractivity contribution is 0.102. The zero-order valence-corrected chi connectivity index (χ0v) is 20.3. The predicted molar refractivity (Wildman–Crippen MR) is 139 cm³/mol. The molecule has 9 heteroatoms. The quantitative estimate of drug-likeness (QED) is 0.420. The number of hydrogen-bond acceptors (Lipinski definition) is 6. The number of benzene rings is 2. The average molecular weight is 488 g/mol. The first kappa shape index (κ1) is 22.9. The van der Waals surface area contributed by atoms with Crippen LogP contribution in [0.1, 0.15) is 21.5 Å². The van der Waals surface area contributed by atoms with Crippen molar-refractivity contribution in [1.82, 2.24) is 14.5 Å². The van der Waals surface area contributed by atoms with Gasteiger partial charge < -0.3 is 19.9 Å². The number of aromatic nitrogens is 3. The van der Waals surface area contributed by atoms with Gasteiger partial charge in [-0.15, -0.1) is 0 Å². The molecule has 0 spiro atoms. The summed E-state index contributed by atoms with van der Waals surface area (Å²) in [5, 5.41) is 3.41. The van der Waals surface area contributed by atoms with Crippen LogP contribution in [-0.2, 0) is 4.74 Å². The highest BCUT2D eigenvalue weighted by Crippen LogP contribution is 2.25. The summed E-state index contributed by atoms with van der Waals surface area (Å²) < 4.78 is 7.20. The maximum absolute atomic E-state index is 13.4. The smallest absolute Gasteiger partial charge is 0.266 e. The second-order valence-electron chi connectivity index (χ2n) is 8.48. The van der Waals surface area contributed by atoms with E-state index in [-0.39, 0.29) is 16.2 Å². The number of nitrogens with zero attached hydrogens (tertiary/aromatic N) is 3. The first-order valence-corrected chi connectivity index (χ1v) is 11.8. The van der Waals surface area contributed by atoms with Gasteiger partial charge in [0.1, 0.15) is 0 Å². The summed E-state index contributed by atoms with van der Waals surface area (Å²) in [5.74, 6) is 0.410.